The molecule has 1 nitrogen and oxygen atoms in total. The average Bonchev–Trinajstić information content (AvgIpc) is 2.48. The van der Waals surface area contributed by atoms with Gasteiger partial charge in [0, 0.05) is 0 Å². The topological polar surface area (TPSA) is 9.23 Å². The van der Waals surface area contributed by atoms with Gasteiger partial charge in [-0.1, -0.05) is 50.8 Å². The van der Waals surface area contributed by atoms with Gasteiger partial charge >= 0.3 is 6.92 Å². The zero-order valence-electron chi connectivity index (χ0n) is 11.3. The van der Waals surface area contributed by atoms with Crippen LogP contribution in [-0.4, -0.2) is 12.5 Å². The molecule has 0 aromatic heterocycles. The van der Waals surface area contributed by atoms with E-state index in [1.165, 1.54) is 5.46 Å². The molecule has 1 fully saturated rings. The molecule has 0 spiro atoms. The SMILES string of the molecule is C=Cc1ccc(B2CC(C)(C)C(C)(C)O2)cc1. The van der Waals surface area contributed by atoms with E-state index in [1.54, 1.807) is 0 Å². The quantitative estimate of drug-likeness (QED) is 0.705. The third-order valence-electron chi connectivity index (χ3n) is 4.31. The van der Waals surface area contributed by atoms with Crippen LogP contribution in [0.15, 0.2) is 30.8 Å². The van der Waals surface area contributed by atoms with Crippen molar-refractivity contribution in [2.45, 2.75) is 39.6 Å². The van der Waals surface area contributed by atoms with Crippen LogP contribution in [0.2, 0.25) is 6.32 Å². The Kier molecular flexibility index (Phi) is 2.95. The summed E-state index contributed by atoms with van der Waals surface area (Å²) in [4.78, 5) is 0. The Bertz CT molecular complexity index is 401. The Morgan fingerprint density at radius 3 is 2.18 bits per heavy atom. The van der Waals surface area contributed by atoms with Crippen molar-refractivity contribution in [3.05, 3.63) is 36.4 Å². The largest absolute Gasteiger partial charge is 0.426 e. The Labute approximate surface area is 105 Å². The summed E-state index contributed by atoms with van der Waals surface area (Å²) in [7, 11) is 0. The van der Waals surface area contributed by atoms with Crippen molar-refractivity contribution in [3.8, 4) is 0 Å². The van der Waals surface area contributed by atoms with E-state index in [2.05, 4.69) is 58.5 Å². The summed E-state index contributed by atoms with van der Waals surface area (Å²) in [5.41, 5.74) is 2.59. The molecular weight excluding hydrogens is 207 g/mol. The van der Waals surface area contributed by atoms with E-state index < -0.39 is 0 Å². The van der Waals surface area contributed by atoms with Gasteiger partial charge in [0.25, 0.3) is 0 Å². The number of benzene rings is 1. The molecule has 1 aliphatic heterocycles. The Morgan fingerprint density at radius 2 is 1.76 bits per heavy atom. The van der Waals surface area contributed by atoms with Gasteiger partial charge in [-0.3, -0.25) is 0 Å². The molecule has 0 atom stereocenters. The third kappa shape index (κ3) is 2.19. The van der Waals surface area contributed by atoms with Gasteiger partial charge in [0.2, 0.25) is 0 Å². The molecule has 17 heavy (non-hydrogen) atoms. The standard InChI is InChI=1S/C15H21BO/c1-6-12-7-9-13(10-8-12)16-11-14(2,3)15(4,5)17-16/h6-10H,1,11H2,2-5H3. The lowest BCUT2D eigenvalue weighted by atomic mass is 9.54. The van der Waals surface area contributed by atoms with Crippen molar-refractivity contribution in [1.82, 2.24) is 0 Å². The van der Waals surface area contributed by atoms with E-state index in [1.807, 2.05) is 6.08 Å². The molecule has 0 radical (unpaired) electrons. The molecule has 1 aromatic rings. The first-order valence-electron chi connectivity index (χ1n) is 6.26. The molecule has 1 aliphatic rings. The van der Waals surface area contributed by atoms with Gasteiger partial charge in [0.05, 0.1) is 5.60 Å². The summed E-state index contributed by atoms with van der Waals surface area (Å²) in [5.74, 6) is 0. The van der Waals surface area contributed by atoms with Crippen molar-refractivity contribution >= 4 is 18.5 Å². The van der Waals surface area contributed by atoms with E-state index in [0.717, 1.165) is 11.9 Å². The molecule has 0 aliphatic carbocycles. The minimum Gasteiger partial charge on any atom is -0.426 e. The summed E-state index contributed by atoms with van der Waals surface area (Å²) in [5, 5.41) is 0. The van der Waals surface area contributed by atoms with Gasteiger partial charge in [-0.15, -0.1) is 0 Å². The Hall–Kier alpha value is -1.02. The maximum atomic E-state index is 6.20. The van der Waals surface area contributed by atoms with Crippen LogP contribution in [0.1, 0.15) is 33.3 Å². The van der Waals surface area contributed by atoms with Crippen LogP contribution >= 0.6 is 0 Å². The molecule has 1 saturated heterocycles. The van der Waals surface area contributed by atoms with Gasteiger partial charge in [-0.25, -0.2) is 0 Å². The number of hydrogen-bond acceptors (Lipinski definition) is 1. The molecule has 0 bridgehead atoms. The van der Waals surface area contributed by atoms with Crippen molar-refractivity contribution in [1.29, 1.82) is 0 Å². The predicted molar refractivity (Wildman–Crippen MR) is 75.7 cm³/mol. The van der Waals surface area contributed by atoms with Crippen LogP contribution in [0, 0.1) is 5.41 Å². The number of rotatable bonds is 2. The van der Waals surface area contributed by atoms with E-state index in [-0.39, 0.29) is 17.9 Å². The lowest BCUT2D eigenvalue weighted by Gasteiger charge is -2.34. The van der Waals surface area contributed by atoms with Gasteiger partial charge < -0.3 is 4.65 Å². The van der Waals surface area contributed by atoms with E-state index in [0.29, 0.717) is 0 Å². The van der Waals surface area contributed by atoms with Crippen LogP contribution in [0.3, 0.4) is 0 Å². The van der Waals surface area contributed by atoms with E-state index >= 15 is 0 Å². The Morgan fingerprint density at radius 1 is 1.18 bits per heavy atom. The summed E-state index contributed by atoms with van der Waals surface area (Å²) in [6, 6.07) is 8.51. The van der Waals surface area contributed by atoms with Crippen LogP contribution in [0.5, 0.6) is 0 Å². The molecule has 0 N–H and O–H groups in total. The summed E-state index contributed by atoms with van der Waals surface area (Å²) >= 11 is 0. The summed E-state index contributed by atoms with van der Waals surface area (Å²) < 4.78 is 6.20. The molecular formula is C15H21BO. The molecule has 0 unspecified atom stereocenters. The van der Waals surface area contributed by atoms with Crippen LogP contribution < -0.4 is 5.46 Å². The smallest absolute Gasteiger partial charge is 0.327 e. The van der Waals surface area contributed by atoms with Crippen molar-refractivity contribution in [2.24, 2.45) is 5.41 Å². The summed E-state index contributed by atoms with van der Waals surface area (Å²) in [6.45, 7) is 12.9. The fraction of sp³-hybridized carbons (Fsp3) is 0.467. The first-order valence-corrected chi connectivity index (χ1v) is 6.26. The molecule has 0 saturated carbocycles. The van der Waals surface area contributed by atoms with Gasteiger partial charge in [0.1, 0.15) is 0 Å². The van der Waals surface area contributed by atoms with Gasteiger partial charge in [-0.2, -0.15) is 0 Å². The predicted octanol–water partition coefficient (Wildman–Crippen LogP) is 3.36. The van der Waals surface area contributed by atoms with E-state index in [9.17, 15) is 0 Å². The molecule has 0 amide bonds. The maximum Gasteiger partial charge on any atom is 0.327 e. The second kappa shape index (κ2) is 4.02. The van der Waals surface area contributed by atoms with Gasteiger partial charge in [-0.05, 0) is 36.6 Å². The van der Waals surface area contributed by atoms with Crippen molar-refractivity contribution in [2.75, 3.05) is 0 Å². The Balaban J connectivity index is 2.22. The second-order valence-corrected chi connectivity index (χ2v) is 6.08. The third-order valence-corrected chi connectivity index (χ3v) is 4.31. The number of hydrogen-bond donors (Lipinski definition) is 0. The van der Waals surface area contributed by atoms with Crippen molar-refractivity contribution < 1.29 is 4.65 Å². The monoisotopic (exact) mass is 228 g/mol. The average molecular weight is 228 g/mol. The lowest BCUT2D eigenvalue weighted by molar-refractivity contribution is 0.0375. The second-order valence-electron chi connectivity index (χ2n) is 6.08. The fourth-order valence-electron chi connectivity index (χ4n) is 2.30. The van der Waals surface area contributed by atoms with Crippen LogP contribution in [-0.2, 0) is 4.65 Å². The lowest BCUT2D eigenvalue weighted by Crippen LogP contribution is -2.36. The fourth-order valence-corrected chi connectivity index (χ4v) is 2.30. The maximum absolute atomic E-state index is 6.20. The van der Waals surface area contributed by atoms with Crippen LogP contribution in [0.25, 0.3) is 6.08 Å². The van der Waals surface area contributed by atoms with Crippen LogP contribution in [0.4, 0.5) is 0 Å². The highest BCUT2D eigenvalue weighted by molar-refractivity contribution is 6.68. The molecule has 90 valence electrons. The van der Waals surface area contributed by atoms with Gasteiger partial charge in [0.15, 0.2) is 0 Å². The molecule has 1 heterocycles. The first-order chi connectivity index (χ1) is 7.86. The highest BCUT2D eigenvalue weighted by Gasteiger charge is 2.49. The molecule has 2 heteroatoms. The summed E-state index contributed by atoms with van der Waals surface area (Å²) in [6.07, 6.45) is 2.95. The minimum atomic E-state index is -0.0607. The normalized spacial score (nSPS) is 21.5. The molecule has 1 aromatic carbocycles. The first kappa shape index (κ1) is 12.4. The zero-order chi connectivity index (χ0) is 12.7. The zero-order valence-corrected chi connectivity index (χ0v) is 11.3. The highest BCUT2D eigenvalue weighted by atomic mass is 16.5. The minimum absolute atomic E-state index is 0.0607. The highest BCUT2D eigenvalue weighted by Crippen LogP contribution is 2.44. The van der Waals surface area contributed by atoms with E-state index in [4.69, 9.17) is 4.65 Å². The molecule has 2 rings (SSSR count). The van der Waals surface area contributed by atoms with Crippen molar-refractivity contribution in [3.63, 3.8) is 0 Å².